The van der Waals surface area contributed by atoms with Gasteiger partial charge in [-0.25, -0.2) is 4.98 Å². The number of carbonyl (C=O) groups excluding carboxylic acids is 1. The average Bonchev–Trinajstić information content (AvgIpc) is 3.47. The topological polar surface area (TPSA) is 140 Å². The number of hydrogen-bond donors (Lipinski definition) is 2. The zero-order chi connectivity index (χ0) is 22.2. The summed E-state index contributed by atoms with van der Waals surface area (Å²) in [6.07, 6.45) is 0. The van der Waals surface area contributed by atoms with Gasteiger partial charge in [0.05, 0.1) is 22.4 Å². The second-order valence-corrected chi connectivity index (χ2v) is 13.2. The van der Waals surface area contributed by atoms with E-state index in [4.69, 9.17) is 5.73 Å². The number of nitrogens with one attached hydrogen (secondary N) is 1. The summed E-state index contributed by atoms with van der Waals surface area (Å²) in [5.41, 5.74) is 5.71. The first-order chi connectivity index (χ1) is 14.7. The summed E-state index contributed by atoms with van der Waals surface area (Å²) in [6, 6.07) is 10.1. The minimum Gasteiger partial charge on any atom is -0.322 e. The zero-order valence-electron chi connectivity index (χ0n) is 15.5. The Hall–Kier alpha value is -2.36. The number of nitrogens with two attached hydrogens (primary N) is 1. The Morgan fingerprint density at radius 2 is 1.61 bits per heavy atom. The Labute approximate surface area is 189 Å². The van der Waals surface area contributed by atoms with Crippen molar-refractivity contribution in [1.29, 1.82) is 0 Å². The molecule has 3 heterocycles. The summed E-state index contributed by atoms with van der Waals surface area (Å²) in [7, 11) is -8.82. The molecule has 0 atom stereocenters. The Balaban J connectivity index is 1.88. The van der Waals surface area contributed by atoms with Crippen molar-refractivity contribution in [1.82, 2.24) is 4.98 Å². The molecule has 9 nitrogen and oxygen atoms in total. The zero-order valence-corrected chi connectivity index (χ0v) is 19.5. The van der Waals surface area contributed by atoms with Gasteiger partial charge < -0.3 is 11.1 Å². The van der Waals surface area contributed by atoms with Crippen LogP contribution in [0.5, 0.6) is 0 Å². The predicted octanol–water partition coefficient (Wildman–Crippen LogP) is 2.90. The van der Waals surface area contributed by atoms with Crippen molar-refractivity contribution in [2.24, 2.45) is 5.73 Å². The number of sulfonamides is 2. The second kappa shape index (κ2) is 8.29. The number of amides is 1. The highest BCUT2D eigenvalue weighted by Crippen LogP contribution is 2.37. The summed E-state index contributed by atoms with van der Waals surface area (Å²) < 4.78 is 54.1. The summed E-state index contributed by atoms with van der Waals surface area (Å²) in [4.78, 5) is 15.8. The molecule has 0 unspecified atom stereocenters. The molecule has 4 rings (SSSR count). The first kappa shape index (κ1) is 21.9. The van der Waals surface area contributed by atoms with E-state index in [0.717, 1.165) is 34.0 Å². The first-order valence-electron chi connectivity index (χ1n) is 8.51. The van der Waals surface area contributed by atoms with Crippen molar-refractivity contribution >= 4 is 81.0 Å². The maximum Gasteiger partial charge on any atom is 0.287 e. The molecule has 0 bridgehead atoms. The van der Waals surface area contributed by atoms with Gasteiger partial charge >= 0.3 is 0 Å². The maximum absolute atomic E-state index is 13.3. The standard InChI is InChI=1S/C17H14N4O5S5/c18-10-14(22)20-17-19-12-6-5-11(9-13(12)29-17)21(30(23,24)15-3-1-7-27-15)31(25,26)16-4-2-8-28-16/h1-9H,10,18H2,(H,19,20,22). The smallest absolute Gasteiger partial charge is 0.287 e. The quantitative estimate of drug-likeness (QED) is 0.386. The molecule has 0 fully saturated rings. The normalized spacial score (nSPS) is 12.2. The fraction of sp³-hybridized carbons (Fsp3) is 0.0588. The Morgan fingerprint density at radius 3 is 2.13 bits per heavy atom. The molecule has 4 aromatic rings. The predicted molar refractivity (Wildman–Crippen MR) is 123 cm³/mol. The van der Waals surface area contributed by atoms with Crippen LogP contribution in [0.1, 0.15) is 0 Å². The molecule has 1 aromatic carbocycles. The van der Waals surface area contributed by atoms with E-state index >= 15 is 0 Å². The van der Waals surface area contributed by atoms with E-state index in [1.807, 2.05) is 0 Å². The van der Waals surface area contributed by atoms with Crippen LogP contribution in [-0.4, -0.2) is 34.3 Å². The van der Waals surface area contributed by atoms with Crippen LogP contribution >= 0.6 is 34.0 Å². The van der Waals surface area contributed by atoms with E-state index in [1.165, 1.54) is 42.5 Å². The van der Waals surface area contributed by atoms with E-state index in [2.05, 4.69) is 10.3 Å². The molecule has 3 N–H and O–H groups in total. The largest absolute Gasteiger partial charge is 0.322 e. The molecule has 0 aliphatic heterocycles. The maximum atomic E-state index is 13.3. The van der Waals surface area contributed by atoms with Gasteiger partial charge in [0.25, 0.3) is 20.0 Å². The molecule has 0 spiro atoms. The summed E-state index contributed by atoms with van der Waals surface area (Å²) in [5.74, 6) is -0.429. The van der Waals surface area contributed by atoms with E-state index in [0.29, 0.717) is 13.9 Å². The van der Waals surface area contributed by atoms with Gasteiger partial charge in [-0.15, -0.1) is 22.7 Å². The van der Waals surface area contributed by atoms with Crippen molar-refractivity contribution < 1.29 is 21.6 Å². The van der Waals surface area contributed by atoms with Crippen molar-refractivity contribution in [3.8, 4) is 0 Å². The third-order valence-electron chi connectivity index (χ3n) is 3.95. The van der Waals surface area contributed by atoms with Gasteiger partial charge in [0.2, 0.25) is 5.91 Å². The summed E-state index contributed by atoms with van der Waals surface area (Å²) in [5, 5.41) is 5.92. The van der Waals surface area contributed by atoms with Crippen molar-refractivity contribution in [3.63, 3.8) is 0 Å². The molecule has 0 saturated heterocycles. The van der Waals surface area contributed by atoms with Gasteiger partial charge in [0, 0.05) is 0 Å². The number of rotatable bonds is 7. The van der Waals surface area contributed by atoms with Crippen molar-refractivity contribution in [2.75, 3.05) is 15.6 Å². The molecule has 0 saturated carbocycles. The van der Waals surface area contributed by atoms with Gasteiger partial charge in [-0.2, -0.15) is 20.5 Å². The number of aromatic nitrogens is 1. The fourth-order valence-corrected chi connectivity index (χ4v) is 9.62. The third kappa shape index (κ3) is 4.09. The van der Waals surface area contributed by atoms with Crippen LogP contribution in [0.4, 0.5) is 10.8 Å². The van der Waals surface area contributed by atoms with E-state index < -0.39 is 26.0 Å². The van der Waals surface area contributed by atoms with Gasteiger partial charge in [0.15, 0.2) is 5.13 Å². The number of hydrogen-bond acceptors (Lipinski definition) is 10. The third-order valence-corrected chi connectivity index (χ3v) is 11.8. The van der Waals surface area contributed by atoms with E-state index in [9.17, 15) is 21.6 Å². The molecule has 3 aromatic heterocycles. The molecule has 14 heteroatoms. The highest BCUT2D eigenvalue weighted by molar-refractivity contribution is 8.11. The van der Waals surface area contributed by atoms with Crippen LogP contribution in [0.15, 0.2) is 61.6 Å². The lowest BCUT2D eigenvalue weighted by Crippen LogP contribution is -2.36. The molecular formula is C17H14N4O5S5. The number of thiazole rings is 1. The van der Waals surface area contributed by atoms with E-state index in [1.54, 1.807) is 10.8 Å². The van der Waals surface area contributed by atoms with Gasteiger partial charge in [0.1, 0.15) is 8.42 Å². The Morgan fingerprint density at radius 1 is 1.00 bits per heavy atom. The molecule has 0 aliphatic carbocycles. The Bertz CT molecular complexity index is 1380. The van der Waals surface area contributed by atoms with Crippen LogP contribution in [0.25, 0.3) is 10.2 Å². The van der Waals surface area contributed by atoms with Gasteiger partial charge in [-0.05, 0) is 41.1 Å². The number of fused-ring (bicyclic) bond motifs is 1. The minimum atomic E-state index is -4.41. The molecule has 31 heavy (non-hydrogen) atoms. The molecule has 1 amide bonds. The number of benzene rings is 1. The number of anilines is 2. The highest BCUT2D eigenvalue weighted by Gasteiger charge is 2.38. The van der Waals surface area contributed by atoms with Crippen molar-refractivity contribution in [2.45, 2.75) is 8.42 Å². The number of carbonyl (C=O) groups is 1. The van der Waals surface area contributed by atoms with Gasteiger partial charge in [-0.1, -0.05) is 23.5 Å². The first-order valence-corrected chi connectivity index (χ1v) is 14.0. The highest BCUT2D eigenvalue weighted by atomic mass is 32.3. The molecule has 0 radical (unpaired) electrons. The van der Waals surface area contributed by atoms with Crippen LogP contribution in [-0.2, 0) is 24.8 Å². The monoisotopic (exact) mass is 514 g/mol. The molecule has 162 valence electrons. The van der Waals surface area contributed by atoms with Crippen LogP contribution in [0.2, 0.25) is 0 Å². The molecular weight excluding hydrogens is 501 g/mol. The van der Waals surface area contributed by atoms with Crippen LogP contribution < -0.4 is 14.8 Å². The number of thiophene rings is 2. The lowest BCUT2D eigenvalue weighted by atomic mass is 10.3. The fourth-order valence-electron chi connectivity index (χ4n) is 2.64. The lowest BCUT2D eigenvalue weighted by Gasteiger charge is -2.22. The van der Waals surface area contributed by atoms with Crippen LogP contribution in [0.3, 0.4) is 0 Å². The lowest BCUT2D eigenvalue weighted by molar-refractivity contribution is -0.114. The van der Waals surface area contributed by atoms with Crippen molar-refractivity contribution in [3.05, 3.63) is 53.2 Å². The van der Waals surface area contributed by atoms with Gasteiger partial charge in [-0.3, -0.25) is 4.79 Å². The van der Waals surface area contributed by atoms with Crippen LogP contribution in [0, 0.1) is 0 Å². The second-order valence-electron chi connectivity index (χ2n) is 5.99. The Kier molecular flexibility index (Phi) is 5.85. The van der Waals surface area contributed by atoms with E-state index in [-0.39, 0.29) is 25.8 Å². The number of nitrogens with zero attached hydrogens (tertiary/aromatic N) is 2. The average molecular weight is 515 g/mol. The SMILES string of the molecule is NCC(=O)Nc1nc2ccc(N(S(=O)(=O)c3cccs3)S(=O)(=O)c3cccs3)cc2s1. The minimum absolute atomic E-state index is 0.0605. The molecule has 0 aliphatic rings. The summed E-state index contributed by atoms with van der Waals surface area (Å²) >= 11 is 2.93. The summed E-state index contributed by atoms with van der Waals surface area (Å²) in [6.45, 7) is -0.215.